The highest BCUT2D eigenvalue weighted by Gasteiger charge is 2.34. The van der Waals surface area contributed by atoms with Crippen LogP contribution in [0.1, 0.15) is 70.4 Å². The Bertz CT molecular complexity index is 737. The molecular formula is C15H18N4O3S. The highest BCUT2D eigenvalue weighted by molar-refractivity contribution is 7.12. The summed E-state index contributed by atoms with van der Waals surface area (Å²) in [4.78, 5) is 30.5. The minimum Gasteiger partial charge on any atom is -0.366 e. The van der Waals surface area contributed by atoms with E-state index < -0.39 is 5.91 Å². The van der Waals surface area contributed by atoms with Gasteiger partial charge in [0, 0.05) is 17.8 Å². The first-order valence-electron chi connectivity index (χ1n) is 7.50. The SMILES string of the molecule is CC(C)c1nc(C2CCCN2C(=O)c2cc(C(N)=O)cs2)no1. The number of nitrogens with zero attached hydrogens (tertiary/aromatic N) is 3. The van der Waals surface area contributed by atoms with Gasteiger partial charge in [0.1, 0.15) is 0 Å². The van der Waals surface area contributed by atoms with E-state index in [1.54, 1.807) is 16.3 Å². The van der Waals surface area contributed by atoms with Gasteiger partial charge in [-0.2, -0.15) is 4.98 Å². The highest BCUT2D eigenvalue weighted by Crippen LogP contribution is 2.33. The highest BCUT2D eigenvalue weighted by atomic mass is 32.1. The number of nitrogens with two attached hydrogens (primary N) is 1. The summed E-state index contributed by atoms with van der Waals surface area (Å²) < 4.78 is 5.25. The Kier molecular flexibility index (Phi) is 4.16. The molecule has 0 aromatic carbocycles. The van der Waals surface area contributed by atoms with E-state index >= 15 is 0 Å². The summed E-state index contributed by atoms with van der Waals surface area (Å²) in [5.41, 5.74) is 5.60. The number of primary amides is 1. The van der Waals surface area contributed by atoms with Crippen molar-refractivity contribution in [3.05, 3.63) is 33.6 Å². The van der Waals surface area contributed by atoms with Crippen LogP contribution in [0.25, 0.3) is 0 Å². The lowest BCUT2D eigenvalue weighted by molar-refractivity contribution is 0.0733. The maximum atomic E-state index is 12.7. The van der Waals surface area contributed by atoms with E-state index in [1.807, 2.05) is 13.8 Å². The molecule has 0 bridgehead atoms. The summed E-state index contributed by atoms with van der Waals surface area (Å²) in [6, 6.07) is 1.36. The monoisotopic (exact) mass is 334 g/mol. The van der Waals surface area contributed by atoms with Gasteiger partial charge in [-0.3, -0.25) is 9.59 Å². The van der Waals surface area contributed by atoms with Crippen molar-refractivity contribution in [2.75, 3.05) is 6.54 Å². The van der Waals surface area contributed by atoms with Crippen molar-refractivity contribution in [3.63, 3.8) is 0 Å². The van der Waals surface area contributed by atoms with E-state index in [9.17, 15) is 9.59 Å². The molecule has 0 spiro atoms. The van der Waals surface area contributed by atoms with E-state index in [4.69, 9.17) is 10.3 Å². The van der Waals surface area contributed by atoms with Crippen LogP contribution in [0.15, 0.2) is 16.0 Å². The maximum Gasteiger partial charge on any atom is 0.264 e. The van der Waals surface area contributed by atoms with Crippen LogP contribution in [0.3, 0.4) is 0 Å². The first kappa shape index (κ1) is 15.7. The quantitative estimate of drug-likeness (QED) is 0.924. The molecule has 2 N–H and O–H groups in total. The van der Waals surface area contributed by atoms with Gasteiger partial charge in [0.2, 0.25) is 11.8 Å². The van der Waals surface area contributed by atoms with Crippen molar-refractivity contribution < 1.29 is 14.1 Å². The molecular weight excluding hydrogens is 316 g/mol. The van der Waals surface area contributed by atoms with Gasteiger partial charge in [-0.15, -0.1) is 11.3 Å². The fourth-order valence-corrected chi connectivity index (χ4v) is 3.47. The topological polar surface area (TPSA) is 102 Å². The van der Waals surface area contributed by atoms with Gasteiger partial charge in [-0.05, 0) is 18.9 Å². The molecule has 0 radical (unpaired) electrons. The zero-order chi connectivity index (χ0) is 16.6. The first-order chi connectivity index (χ1) is 11.0. The van der Waals surface area contributed by atoms with Gasteiger partial charge in [0.25, 0.3) is 5.91 Å². The van der Waals surface area contributed by atoms with Crippen LogP contribution in [0.2, 0.25) is 0 Å². The summed E-state index contributed by atoms with van der Waals surface area (Å²) in [5.74, 6) is 0.619. The average Bonchev–Trinajstić information content (AvgIpc) is 3.24. The number of carbonyl (C=O) groups excluding carboxylic acids is 2. The number of hydrogen-bond acceptors (Lipinski definition) is 6. The molecule has 2 amide bonds. The molecule has 122 valence electrons. The lowest BCUT2D eigenvalue weighted by Gasteiger charge is -2.21. The van der Waals surface area contributed by atoms with Crippen LogP contribution >= 0.6 is 11.3 Å². The standard InChI is InChI=1S/C15H18N4O3S/c1-8(2)14-17-13(18-22-14)10-4-3-5-19(10)15(21)11-6-9(7-23-11)12(16)20/h6-8,10H,3-5H2,1-2H3,(H2,16,20). The molecule has 1 fully saturated rings. The molecule has 8 heteroatoms. The number of rotatable bonds is 4. The van der Waals surface area contributed by atoms with E-state index in [2.05, 4.69) is 10.1 Å². The number of thiophene rings is 1. The Morgan fingerprint density at radius 1 is 1.48 bits per heavy atom. The maximum absolute atomic E-state index is 12.7. The van der Waals surface area contributed by atoms with Crippen molar-refractivity contribution in [2.45, 2.75) is 38.6 Å². The number of likely N-dealkylation sites (tertiary alicyclic amines) is 1. The summed E-state index contributed by atoms with van der Waals surface area (Å²) >= 11 is 1.22. The van der Waals surface area contributed by atoms with Crippen molar-refractivity contribution >= 4 is 23.2 Å². The summed E-state index contributed by atoms with van der Waals surface area (Å²) in [6.07, 6.45) is 1.69. The predicted octanol–water partition coefficient (Wildman–Crippen LogP) is 2.33. The molecule has 23 heavy (non-hydrogen) atoms. The molecule has 1 unspecified atom stereocenters. The zero-order valence-corrected chi connectivity index (χ0v) is 13.8. The van der Waals surface area contributed by atoms with Crippen LogP contribution in [0.4, 0.5) is 0 Å². The van der Waals surface area contributed by atoms with Crippen LogP contribution in [-0.2, 0) is 0 Å². The second-order valence-electron chi connectivity index (χ2n) is 5.87. The molecule has 1 aliphatic heterocycles. The number of carbonyl (C=O) groups is 2. The second kappa shape index (κ2) is 6.11. The normalized spacial score (nSPS) is 17.9. The largest absolute Gasteiger partial charge is 0.366 e. The van der Waals surface area contributed by atoms with Gasteiger partial charge in [0.05, 0.1) is 16.5 Å². The fraction of sp³-hybridized carbons (Fsp3) is 0.467. The average molecular weight is 334 g/mol. The summed E-state index contributed by atoms with van der Waals surface area (Å²) in [6.45, 7) is 4.59. The smallest absolute Gasteiger partial charge is 0.264 e. The van der Waals surface area contributed by atoms with E-state index in [1.165, 1.54) is 11.3 Å². The molecule has 0 saturated carbocycles. The molecule has 2 aromatic rings. The number of aromatic nitrogens is 2. The summed E-state index contributed by atoms with van der Waals surface area (Å²) in [7, 11) is 0. The predicted molar refractivity (Wildman–Crippen MR) is 84.2 cm³/mol. The number of amides is 2. The molecule has 7 nitrogen and oxygen atoms in total. The van der Waals surface area contributed by atoms with Gasteiger partial charge in [-0.25, -0.2) is 0 Å². The third kappa shape index (κ3) is 2.98. The molecule has 2 aromatic heterocycles. The van der Waals surface area contributed by atoms with Crippen LogP contribution < -0.4 is 5.73 Å². The second-order valence-corrected chi connectivity index (χ2v) is 6.78. The van der Waals surface area contributed by atoms with Crippen LogP contribution in [0.5, 0.6) is 0 Å². The molecule has 1 saturated heterocycles. The Labute approximate surface area is 137 Å². The zero-order valence-electron chi connectivity index (χ0n) is 13.0. The van der Waals surface area contributed by atoms with Gasteiger partial charge in [0.15, 0.2) is 5.82 Å². The molecule has 0 aliphatic carbocycles. The van der Waals surface area contributed by atoms with Crippen molar-refractivity contribution in [3.8, 4) is 0 Å². The number of hydrogen-bond donors (Lipinski definition) is 1. The third-order valence-electron chi connectivity index (χ3n) is 3.86. The van der Waals surface area contributed by atoms with Crippen molar-refractivity contribution in [2.24, 2.45) is 5.73 Å². The molecule has 1 aliphatic rings. The Hall–Kier alpha value is -2.22. The molecule has 3 heterocycles. The lowest BCUT2D eigenvalue weighted by atomic mass is 10.2. The van der Waals surface area contributed by atoms with Crippen molar-refractivity contribution in [1.82, 2.24) is 15.0 Å². The van der Waals surface area contributed by atoms with Gasteiger partial charge < -0.3 is 15.2 Å². The Morgan fingerprint density at radius 2 is 2.26 bits per heavy atom. The first-order valence-corrected chi connectivity index (χ1v) is 8.38. The van der Waals surface area contributed by atoms with Crippen molar-refractivity contribution in [1.29, 1.82) is 0 Å². The Balaban J connectivity index is 1.82. The fourth-order valence-electron chi connectivity index (χ4n) is 2.61. The lowest BCUT2D eigenvalue weighted by Crippen LogP contribution is -2.30. The summed E-state index contributed by atoms with van der Waals surface area (Å²) in [5, 5.41) is 5.63. The molecule has 1 atom stereocenters. The van der Waals surface area contributed by atoms with Crippen LogP contribution in [0, 0.1) is 0 Å². The van der Waals surface area contributed by atoms with E-state index in [-0.39, 0.29) is 17.9 Å². The third-order valence-corrected chi connectivity index (χ3v) is 4.78. The molecule has 3 rings (SSSR count). The van der Waals surface area contributed by atoms with Gasteiger partial charge >= 0.3 is 0 Å². The van der Waals surface area contributed by atoms with Crippen LogP contribution in [-0.4, -0.2) is 33.4 Å². The minimum absolute atomic E-state index is 0.124. The Morgan fingerprint density at radius 3 is 2.87 bits per heavy atom. The van der Waals surface area contributed by atoms with E-state index in [0.717, 1.165) is 12.8 Å². The van der Waals surface area contributed by atoms with Gasteiger partial charge in [-0.1, -0.05) is 19.0 Å². The minimum atomic E-state index is -0.530. The van der Waals surface area contributed by atoms with E-state index in [0.29, 0.717) is 28.7 Å².